The van der Waals surface area contributed by atoms with Gasteiger partial charge in [-0.3, -0.25) is 4.79 Å². The molecule has 0 spiro atoms. The highest BCUT2D eigenvalue weighted by Crippen LogP contribution is 2.51. The van der Waals surface area contributed by atoms with Crippen LogP contribution in [0, 0.1) is 0 Å². The number of rotatable bonds is 2. The van der Waals surface area contributed by atoms with Crippen LogP contribution in [-0.2, 0) is 23.1 Å². The maximum Gasteiger partial charge on any atom is 0.314 e. The Bertz CT molecular complexity index is 532. The summed E-state index contributed by atoms with van der Waals surface area (Å²) in [5.41, 5.74) is 1.72. The molecular formula is C14H15ClO3. The molecule has 1 saturated carbocycles. The lowest BCUT2D eigenvalue weighted by Crippen LogP contribution is -2.42. The van der Waals surface area contributed by atoms with Crippen molar-refractivity contribution in [3.05, 3.63) is 27.8 Å². The number of aliphatic carboxylic acids is 1. The molecule has 2 aliphatic carbocycles. The minimum Gasteiger partial charge on any atom is -0.506 e. The Hall–Kier alpha value is -1.22. The Morgan fingerprint density at radius 3 is 2.56 bits per heavy atom. The molecule has 2 aliphatic rings. The zero-order valence-electron chi connectivity index (χ0n) is 10.0. The van der Waals surface area contributed by atoms with E-state index in [-0.39, 0.29) is 5.75 Å². The summed E-state index contributed by atoms with van der Waals surface area (Å²) in [6, 6.07) is 1.87. The standard InChI is InChI=1S/C14H15ClO3/c15-11-9-4-1-3-8(9)7-10(12(11)16)14(13(17)18)5-2-6-14/h7,16H,1-6H2,(H,17,18). The first kappa shape index (κ1) is 11.8. The fourth-order valence-corrected chi connectivity index (χ4v) is 3.49. The van der Waals surface area contributed by atoms with Crippen LogP contribution in [0.25, 0.3) is 0 Å². The molecule has 0 aliphatic heterocycles. The van der Waals surface area contributed by atoms with Crippen LogP contribution in [0.15, 0.2) is 6.07 Å². The number of carboxylic acids is 1. The van der Waals surface area contributed by atoms with Crippen molar-refractivity contribution in [2.24, 2.45) is 0 Å². The SMILES string of the molecule is O=C(O)C1(c2cc3c(c(Cl)c2O)CCC3)CCC1. The minimum atomic E-state index is -0.911. The summed E-state index contributed by atoms with van der Waals surface area (Å²) in [7, 11) is 0. The first-order valence-electron chi connectivity index (χ1n) is 6.33. The van der Waals surface area contributed by atoms with Crippen LogP contribution >= 0.6 is 11.6 Å². The van der Waals surface area contributed by atoms with E-state index >= 15 is 0 Å². The van der Waals surface area contributed by atoms with Gasteiger partial charge in [0.15, 0.2) is 0 Å². The molecule has 4 heteroatoms. The van der Waals surface area contributed by atoms with Gasteiger partial charge in [0.1, 0.15) is 5.75 Å². The molecule has 0 unspecified atom stereocenters. The normalized spacial score (nSPS) is 20.3. The molecule has 1 fully saturated rings. The Kier molecular flexibility index (Phi) is 2.56. The third-order valence-corrected chi connectivity index (χ3v) is 4.85. The molecule has 0 heterocycles. The fraction of sp³-hybridized carbons (Fsp3) is 0.500. The van der Waals surface area contributed by atoms with Crippen LogP contribution in [-0.4, -0.2) is 16.2 Å². The van der Waals surface area contributed by atoms with Gasteiger partial charge in [-0.15, -0.1) is 0 Å². The van der Waals surface area contributed by atoms with Crippen LogP contribution in [0.1, 0.15) is 42.4 Å². The van der Waals surface area contributed by atoms with Gasteiger partial charge in [-0.1, -0.05) is 24.1 Å². The number of fused-ring (bicyclic) bond motifs is 1. The van der Waals surface area contributed by atoms with Gasteiger partial charge in [0.05, 0.1) is 10.4 Å². The summed E-state index contributed by atoms with van der Waals surface area (Å²) in [6.07, 6.45) is 4.90. The molecule has 0 atom stereocenters. The maximum atomic E-state index is 11.5. The quantitative estimate of drug-likeness (QED) is 0.865. The van der Waals surface area contributed by atoms with E-state index in [1.165, 1.54) is 0 Å². The molecule has 3 rings (SSSR count). The average Bonchev–Trinajstić information content (AvgIpc) is 2.71. The second kappa shape index (κ2) is 3.89. The molecule has 0 aromatic heterocycles. The van der Waals surface area contributed by atoms with Gasteiger partial charge < -0.3 is 10.2 Å². The average molecular weight is 267 g/mol. The van der Waals surface area contributed by atoms with Gasteiger partial charge >= 0.3 is 5.97 Å². The van der Waals surface area contributed by atoms with Crippen LogP contribution in [0.5, 0.6) is 5.75 Å². The van der Waals surface area contributed by atoms with Crippen molar-refractivity contribution in [2.45, 2.75) is 43.9 Å². The summed E-state index contributed by atoms with van der Waals surface area (Å²) < 4.78 is 0. The predicted molar refractivity (Wildman–Crippen MR) is 68.3 cm³/mol. The summed E-state index contributed by atoms with van der Waals surface area (Å²) in [6.45, 7) is 0. The van der Waals surface area contributed by atoms with Gasteiger partial charge in [-0.25, -0.2) is 0 Å². The van der Waals surface area contributed by atoms with E-state index in [4.69, 9.17) is 11.6 Å². The molecule has 0 bridgehead atoms. The number of carbonyl (C=O) groups is 1. The van der Waals surface area contributed by atoms with Gasteiger partial charge in [0.2, 0.25) is 0 Å². The number of hydrogen-bond acceptors (Lipinski definition) is 2. The molecule has 3 nitrogen and oxygen atoms in total. The highest BCUT2D eigenvalue weighted by Gasteiger charge is 2.48. The molecule has 0 radical (unpaired) electrons. The monoisotopic (exact) mass is 266 g/mol. The zero-order chi connectivity index (χ0) is 12.9. The Balaban J connectivity index is 2.19. The second-order valence-corrected chi connectivity index (χ2v) is 5.70. The Labute approximate surface area is 110 Å². The lowest BCUT2D eigenvalue weighted by molar-refractivity contribution is -0.147. The maximum absolute atomic E-state index is 11.5. The zero-order valence-corrected chi connectivity index (χ0v) is 10.8. The summed E-state index contributed by atoms with van der Waals surface area (Å²) in [5.74, 6) is -0.863. The minimum absolute atomic E-state index is 0.0144. The fourth-order valence-electron chi connectivity index (χ4n) is 3.17. The summed E-state index contributed by atoms with van der Waals surface area (Å²) in [4.78, 5) is 11.5. The predicted octanol–water partition coefficient (Wildman–Crippen LogP) is 3.04. The first-order chi connectivity index (χ1) is 8.56. The van der Waals surface area contributed by atoms with E-state index in [9.17, 15) is 15.0 Å². The van der Waals surface area contributed by atoms with Crippen molar-refractivity contribution in [1.29, 1.82) is 0 Å². The van der Waals surface area contributed by atoms with Gasteiger partial charge in [0, 0.05) is 5.56 Å². The molecule has 0 saturated heterocycles. The van der Waals surface area contributed by atoms with Crippen LogP contribution < -0.4 is 0 Å². The smallest absolute Gasteiger partial charge is 0.314 e. The van der Waals surface area contributed by atoms with Crippen LogP contribution in [0.4, 0.5) is 0 Å². The Morgan fingerprint density at radius 2 is 2.00 bits per heavy atom. The summed E-state index contributed by atoms with van der Waals surface area (Å²) in [5, 5.41) is 20.0. The lowest BCUT2D eigenvalue weighted by Gasteiger charge is -2.38. The van der Waals surface area contributed by atoms with Crippen molar-refractivity contribution in [3.63, 3.8) is 0 Å². The van der Waals surface area contributed by atoms with E-state index in [0.717, 1.165) is 36.8 Å². The molecular weight excluding hydrogens is 252 g/mol. The van der Waals surface area contributed by atoms with Crippen molar-refractivity contribution in [3.8, 4) is 5.75 Å². The van der Waals surface area contributed by atoms with Crippen molar-refractivity contribution >= 4 is 17.6 Å². The topological polar surface area (TPSA) is 57.5 Å². The second-order valence-electron chi connectivity index (χ2n) is 5.32. The van der Waals surface area contributed by atoms with Crippen LogP contribution in [0.3, 0.4) is 0 Å². The molecule has 18 heavy (non-hydrogen) atoms. The van der Waals surface area contributed by atoms with Gasteiger partial charge in [0.25, 0.3) is 0 Å². The largest absolute Gasteiger partial charge is 0.506 e. The first-order valence-corrected chi connectivity index (χ1v) is 6.71. The molecule has 0 amide bonds. The molecule has 1 aromatic rings. The Morgan fingerprint density at radius 1 is 1.28 bits per heavy atom. The number of carboxylic acid groups (broad SMARTS) is 1. The number of hydrogen-bond donors (Lipinski definition) is 2. The van der Waals surface area contributed by atoms with Crippen LogP contribution in [0.2, 0.25) is 5.02 Å². The van der Waals surface area contributed by atoms with Gasteiger partial charge in [-0.05, 0) is 43.2 Å². The molecule has 2 N–H and O–H groups in total. The van der Waals surface area contributed by atoms with Crippen molar-refractivity contribution in [1.82, 2.24) is 0 Å². The number of aromatic hydroxyl groups is 1. The van der Waals surface area contributed by atoms with Crippen molar-refractivity contribution in [2.75, 3.05) is 0 Å². The van der Waals surface area contributed by atoms with E-state index in [0.29, 0.717) is 23.4 Å². The highest BCUT2D eigenvalue weighted by molar-refractivity contribution is 6.33. The third kappa shape index (κ3) is 1.40. The number of phenolic OH excluding ortho intramolecular Hbond substituents is 1. The highest BCUT2D eigenvalue weighted by atomic mass is 35.5. The van der Waals surface area contributed by atoms with E-state index < -0.39 is 11.4 Å². The van der Waals surface area contributed by atoms with E-state index in [2.05, 4.69) is 0 Å². The summed E-state index contributed by atoms with van der Waals surface area (Å²) >= 11 is 6.19. The molecule has 96 valence electrons. The number of halogens is 1. The number of phenols is 1. The number of benzene rings is 1. The number of aryl methyl sites for hydroxylation is 1. The van der Waals surface area contributed by atoms with E-state index in [1.807, 2.05) is 6.07 Å². The van der Waals surface area contributed by atoms with Gasteiger partial charge in [-0.2, -0.15) is 0 Å². The van der Waals surface area contributed by atoms with Crippen molar-refractivity contribution < 1.29 is 15.0 Å². The van der Waals surface area contributed by atoms with E-state index in [1.54, 1.807) is 0 Å². The third-order valence-electron chi connectivity index (χ3n) is 4.44. The lowest BCUT2D eigenvalue weighted by atomic mass is 9.64. The molecule has 1 aromatic carbocycles.